The van der Waals surface area contributed by atoms with E-state index in [1.165, 1.54) is 11.1 Å². The molecule has 0 spiro atoms. The third-order valence-corrected chi connectivity index (χ3v) is 6.82. The molecule has 3 aromatic carbocycles. The lowest BCUT2D eigenvalue weighted by Crippen LogP contribution is -2.33. The molecule has 168 valence electrons. The van der Waals surface area contributed by atoms with Crippen LogP contribution in [0.15, 0.2) is 52.9 Å². The number of fused-ring (bicyclic) bond motifs is 4. The van der Waals surface area contributed by atoms with Crippen molar-refractivity contribution < 1.29 is 13.4 Å². The second-order valence-corrected chi connectivity index (χ2v) is 10.6. The van der Waals surface area contributed by atoms with E-state index in [1.54, 1.807) is 6.07 Å². The van der Waals surface area contributed by atoms with E-state index >= 15 is 0 Å². The van der Waals surface area contributed by atoms with Crippen LogP contribution in [0.1, 0.15) is 43.0 Å². The SMILES string of the molecule is Cc1cc2c(cc1F)c(CC(C)(C)C)cc(-c1c(C)c(C)cc3c1oc1ccccc13)[n+]2C. The first kappa shape index (κ1) is 21.6. The van der Waals surface area contributed by atoms with Gasteiger partial charge in [0.15, 0.2) is 0 Å². The van der Waals surface area contributed by atoms with Crippen molar-refractivity contribution in [2.24, 2.45) is 12.5 Å². The lowest BCUT2D eigenvalue weighted by molar-refractivity contribution is -0.633. The maximum atomic E-state index is 14.6. The highest BCUT2D eigenvalue weighted by atomic mass is 19.1. The highest BCUT2D eigenvalue weighted by Gasteiger charge is 2.27. The van der Waals surface area contributed by atoms with Crippen LogP contribution in [0, 0.1) is 32.0 Å². The molecule has 0 fully saturated rings. The summed E-state index contributed by atoms with van der Waals surface area (Å²) in [6.45, 7) is 12.8. The van der Waals surface area contributed by atoms with Crippen molar-refractivity contribution in [1.82, 2.24) is 0 Å². The van der Waals surface area contributed by atoms with Crippen molar-refractivity contribution >= 4 is 32.8 Å². The Morgan fingerprint density at radius 1 is 0.879 bits per heavy atom. The van der Waals surface area contributed by atoms with E-state index in [0.29, 0.717) is 5.56 Å². The minimum Gasteiger partial charge on any atom is -0.455 e. The van der Waals surface area contributed by atoms with E-state index in [4.69, 9.17) is 4.42 Å². The molecule has 33 heavy (non-hydrogen) atoms. The topological polar surface area (TPSA) is 17.0 Å². The van der Waals surface area contributed by atoms with Gasteiger partial charge in [0.1, 0.15) is 24.0 Å². The smallest absolute Gasteiger partial charge is 0.217 e. The number of rotatable bonds is 2. The Bertz CT molecular complexity index is 1570. The van der Waals surface area contributed by atoms with Crippen molar-refractivity contribution in [3.63, 3.8) is 0 Å². The molecule has 0 aliphatic carbocycles. The zero-order valence-corrected chi connectivity index (χ0v) is 20.6. The summed E-state index contributed by atoms with van der Waals surface area (Å²) in [6, 6.07) is 16.4. The van der Waals surface area contributed by atoms with E-state index in [1.807, 2.05) is 25.1 Å². The van der Waals surface area contributed by atoms with E-state index in [2.05, 4.69) is 70.5 Å². The number of nitrogens with zero attached hydrogens (tertiary/aromatic N) is 1. The zero-order chi connectivity index (χ0) is 23.7. The van der Waals surface area contributed by atoms with Crippen LogP contribution in [0.5, 0.6) is 0 Å². The van der Waals surface area contributed by atoms with Crippen molar-refractivity contribution in [3.05, 3.63) is 76.6 Å². The molecule has 0 N–H and O–H groups in total. The maximum absolute atomic E-state index is 14.6. The fourth-order valence-electron chi connectivity index (χ4n) is 5.02. The number of aromatic nitrogens is 1. The summed E-state index contributed by atoms with van der Waals surface area (Å²) in [5.41, 5.74) is 9.39. The Morgan fingerprint density at radius 2 is 1.61 bits per heavy atom. The van der Waals surface area contributed by atoms with Gasteiger partial charge >= 0.3 is 0 Å². The van der Waals surface area contributed by atoms with Crippen LogP contribution in [0.25, 0.3) is 44.1 Å². The van der Waals surface area contributed by atoms with E-state index in [0.717, 1.165) is 56.1 Å². The zero-order valence-electron chi connectivity index (χ0n) is 20.6. The van der Waals surface area contributed by atoms with Crippen LogP contribution >= 0.6 is 0 Å². The van der Waals surface area contributed by atoms with Crippen LogP contribution in [0.2, 0.25) is 0 Å². The predicted molar refractivity (Wildman–Crippen MR) is 135 cm³/mol. The molecule has 2 nitrogen and oxygen atoms in total. The van der Waals surface area contributed by atoms with Gasteiger partial charge in [0.25, 0.3) is 0 Å². The molecule has 0 saturated heterocycles. The molecular formula is C30H31FNO+. The molecular weight excluding hydrogens is 409 g/mol. The number of halogens is 1. The first-order valence-electron chi connectivity index (χ1n) is 11.6. The van der Waals surface area contributed by atoms with Gasteiger partial charge in [-0.2, -0.15) is 4.57 Å². The van der Waals surface area contributed by atoms with Gasteiger partial charge in [-0.15, -0.1) is 0 Å². The van der Waals surface area contributed by atoms with E-state index < -0.39 is 0 Å². The minimum absolute atomic E-state index is 0.0712. The fraction of sp³-hybridized carbons (Fsp3) is 0.300. The molecule has 2 aromatic heterocycles. The number of benzene rings is 3. The Kier molecular flexibility index (Phi) is 4.86. The number of hydrogen-bond acceptors (Lipinski definition) is 1. The molecule has 2 heterocycles. The largest absolute Gasteiger partial charge is 0.455 e. The van der Waals surface area contributed by atoms with Gasteiger partial charge < -0.3 is 4.42 Å². The van der Waals surface area contributed by atoms with Gasteiger partial charge in [0, 0.05) is 22.9 Å². The summed E-state index contributed by atoms with van der Waals surface area (Å²) in [5, 5.41) is 3.25. The number of pyridine rings is 1. The van der Waals surface area contributed by atoms with Crippen LogP contribution < -0.4 is 4.57 Å². The van der Waals surface area contributed by atoms with Crippen LogP contribution in [0.3, 0.4) is 0 Å². The Hall–Kier alpha value is -3.20. The second-order valence-electron chi connectivity index (χ2n) is 10.6. The van der Waals surface area contributed by atoms with Crippen molar-refractivity contribution in [2.75, 3.05) is 0 Å². The molecule has 0 aliphatic rings. The first-order valence-corrected chi connectivity index (χ1v) is 11.6. The average molecular weight is 441 g/mol. The average Bonchev–Trinajstić information content (AvgIpc) is 3.10. The third kappa shape index (κ3) is 3.51. The standard InChI is InChI=1S/C30H31FNO/c1-17-12-23-21-10-8-9-11-27(21)33-29(23)28(19(17)3)26-14-20(16-30(4,5)6)22-15-24(31)18(2)13-25(22)32(26)7/h8-15H,16H2,1-7H3/q+1. The highest BCUT2D eigenvalue weighted by Crippen LogP contribution is 2.40. The quantitative estimate of drug-likeness (QED) is 0.255. The Morgan fingerprint density at radius 3 is 2.33 bits per heavy atom. The van der Waals surface area contributed by atoms with E-state index in [9.17, 15) is 4.39 Å². The summed E-state index contributed by atoms with van der Waals surface area (Å²) in [5.74, 6) is -0.156. The van der Waals surface area contributed by atoms with Gasteiger partial charge in [-0.05, 0) is 73.1 Å². The molecule has 5 aromatic rings. The van der Waals surface area contributed by atoms with Gasteiger partial charge in [-0.25, -0.2) is 4.39 Å². The van der Waals surface area contributed by atoms with Gasteiger partial charge in [0.05, 0.1) is 10.9 Å². The summed E-state index contributed by atoms with van der Waals surface area (Å²) in [7, 11) is 2.08. The predicted octanol–water partition coefficient (Wildman–Crippen LogP) is 7.88. The van der Waals surface area contributed by atoms with Gasteiger partial charge in [-0.1, -0.05) is 39.0 Å². The Labute approximate surface area is 194 Å². The van der Waals surface area contributed by atoms with E-state index in [-0.39, 0.29) is 11.2 Å². The first-order chi connectivity index (χ1) is 15.5. The number of hydrogen-bond donors (Lipinski definition) is 0. The number of furan rings is 1. The molecule has 0 unspecified atom stereocenters. The van der Waals surface area contributed by atoms with Crippen molar-refractivity contribution in [1.29, 1.82) is 0 Å². The normalized spacial score (nSPS) is 12.4. The van der Waals surface area contributed by atoms with Crippen molar-refractivity contribution in [3.8, 4) is 11.3 Å². The van der Waals surface area contributed by atoms with Crippen molar-refractivity contribution in [2.45, 2.75) is 48.0 Å². The fourth-order valence-corrected chi connectivity index (χ4v) is 5.02. The third-order valence-electron chi connectivity index (χ3n) is 6.82. The maximum Gasteiger partial charge on any atom is 0.217 e. The van der Waals surface area contributed by atoms with Gasteiger partial charge in [-0.3, -0.25) is 0 Å². The molecule has 0 saturated carbocycles. The summed E-state index contributed by atoms with van der Waals surface area (Å²) in [6.07, 6.45) is 0.855. The summed E-state index contributed by atoms with van der Waals surface area (Å²) < 4.78 is 23.3. The van der Waals surface area contributed by atoms with Gasteiger partial charge in [0.2, 0.25) is 11.2 Å². The Balaban J connectivity index is 1.94. The molecule has 3 heteroatoms. The minimum atomic E-state index is -0.156. The number of aryl methyl sites for hydroxylation is 3. The highest BCUT2D eigenvalue weighted by molar-refractivity contribution is 6.10. The monoisotopic (exact) mass is 440 g/mol. The van der Waals surface area contributed by atoms with Crippen LogP contribution in [-0.4, -0.2) is 0 Å². The number of para-hydroxylation sites is 1. The molecule has 0 aliphatic heterocycles. The summed E-state index contributed by atoms with van der Waals surface area (Å²) >= 11 is 0. The lowest BCUT2D eigenvalue weighted by atomic mass is 9.85. The lowest BCUT2D eigenvalue weighted by Gasteiger charge is -2.20. The molecule has 0 amide bonds. The molecule has 0 atom stereocenters. The van der Waals surface area contributed by atoms with Crippen LogP contribution in [0.4, 0.5) is 4.39 Å². The molecule has 0 radical (unpaired) electrons. The summed E-state index contributed by atoms with van der Waals surface area (Å²) in [4.78, 5) is 0. The van der Waals surface area contributed by atoms with Crippen LogP contribution in [-0.2, 0) is 13.5 Å². The molecule has 0 bridgehead atoms. The second kappa shape index (κ2) is 7.41. The molecule has 5 rings (SSSR count).